The van der Waals surface area contributed by atoms with E-state index in [4.69, 9.17) is 9.63 Å². The molecule has 0 aliphatic carbocycles. The smallest absolute Gasteiger partial charge is 0.0649 e. The van der Waals surface area contributed by atoms with Gasteiger partial charge in [0.25, 0.3) is 0 Å². The molecule has 0 aromatic heterocycles. The fourth-order valence-corrected chi connectivity index (χ4v) is 0.963. The molecule has 0 saturated heterocycles. The van der Waals surface area contributed by atoms with Crippen LogP contribution in [-0.4, -0.2) is 29.9 Å². The van der Waals surface area contributed by atoms with Gasteiger partial charge in [0.2, 0.25) is 0 Å². The van der Waals surface area contributed by atoms with E-state index in [1.54, 1.807) is 0 Å². The van der Waals surface area contributed by atoms with Gasteiger partial charge in [0.1, 0.15) is 0 Å². The third kappa shape index (κ3) is 5.08. The Hall–Kier alpha value is 0.350. The van der Waals surface area contributed by atoms with Crippen molar-refractivity contribution in [2.24, 2.45) is 5.92 Å². The summed E-state index contributed by atoms with van der Waals surface area (Å²) in [5.41, 5.74) is -0.0641. The average molecular weight is 192 g/mol. The largest absolute Gasteiger partial charge is 0.375 e. The first-order chi connectivity index (χ1) is 5.36. The van der Waals surface area contributed by atoms with Crippen LogP contribution in [0.25, 0.3) is 0 Å². The molecule has 0 aliphatic rings. The van der Waals surface area contributed by atoms with Crippen molar-refractivity contribution in [3.8, 4) is 0 Å². The highest BCUT2D eigenvalue weighted by Crippen LogP contribution is 2.25. The summed E-state index contributed by atoms with van der Waals surface area (Å²) >= 11 is 0. The Morgan fingerprint density at radius 1 is 1.42 bits per heavy atom. The monoisotopic (exact) mass is 192 g/mol. The minimum atomic E-state index is -0.798. The maximum atomic E-state index is 9.07. The second kappa shape index (κ2) is 5.16. The van der Waals surface area contributed by atoms with Gasteiger partial charge in [-0.25, -0.2) is 0 Å². The van der Waals surface area contributed by atoms with Crippen LogP contribution in [0.3, 0.4) is 0 Å². The SMILES string of the molecule is CC(C)C(C)(C)OCCP(C)O. The first-order valence-corrected chi connectivity index (χ1v) is 6.33. The summed E-state index contributed by atoms with van der Waals surface area (Å²) in [5.74, 6) is 0.513. The molecular formula is C9H21O2P. The number of hydrogen-bond acceptors (Lipinski definition) is 2. The minimum absolute atomic E-state index is 0.0641. The van der Waals surface area contributed by atoms with E-state index < -0.39 is 8.15 Å². The van der Waals surface area contributed by atoms with E-state index in [0.717, 1.165) is 6.16 Å². The maximum Gasteiger partial charge on any atom is 0.0649 e. The molecule has 0 aromatic rings. The maximum absolute atomic E-state index is 9.07. The minimum Gasteiger partial charge on any atom is -0.375 e. The summed E-state index contributed by atoms with van der Waals surface area (Å²) < 4.78 is 5.66. The Morgan fingerprint density at radius 3 is 2.25 bits per heavy atom. The van der Waals surface area contributed by atoms with E-state index in [1.807, 2.05) is 6.66 Å². The van der Waals surface area contributed by atoms with E-state index >= 15 is 0 Å². The zero-order valence-corrected chi connectivity index (χ0v) is 9.69. The average Bonchev–Trinajstić information content (AvgIpc) is 1.85. The third-order valence-electron chi connectivity index (χ3n) is 2.28. The zero-order valence-electron chi connectivity index (χ0n) is 8.79. The lowest BCUT2D eigenvalue weighted by Crippen LogP contribution is -2.31. The van der Waals surface area contributed by atoms with Crippen LogP contribution in [0, 0.1) is 5.92 Å². The van der Waals surface area contributed by atoms with Crippen molar-refractivity contribution < 1.29 is 9.63 Å². The first kappa shape index (κ1) is 12.3. The van der Waals surface area contributed by atoms with Gasteiger partial charge in [0.05, 0.1) is 12.2 Å². The molecule has 0 bridgehead atoms. The molecule has 1 atom stereocenters. The molecule has 0 fully saturated rings. The Morgan fingerprint density at radius 2 is 1.92 bits per heavy atom. The summed E-state index contributed by atoms with van der Waals surface area (Å²) in [6, 6.07) is 0. The zero-order chi connectivity index (χ0) is 9.78. The first-order valence-electron chi connectivity index (χ1n) is 4.40. The molecule has 0 spiro atoms. The lowest BCUT2D eigenvalue weighted by atomic mass is 9.95. The molecule has 0 aromatic carbocycles. The van der Waals surface area contributed by atoms with Crippen LogP contribution in [-0.2, 0) is 4.74 Å². The summed E-state index contributed by atoms with van der Waals surface area (Å²) in [7, 11) is -0.798. The summed E-state index contributed by atoms with van der Waals surface area (Å²) in [4.78, 5) is 9.07. The third-order valence-corrected chi connectivity index (χ3v) is 3.11. The van der Waals surface area contributed by atoms with Crippen molar-refractivity contribution in [2.45, 2.75) is 33.3 Å². The van der Waals surface area contributed by atoms with Crippen molar-refractivity contribution >= 4 is 8.15 Å². The van der Waals surface area contributed by atoms with E-state index in [1.165, 1.54) is 0 Å². The fraction of sp³-hybridized carbons (Fsp3) is 1.00. The fourth-order valence-electron chi connectivity index (χ4n) is 0.607. The van der Waals surface area contributed by atoms with Crippen LogP contribution in [0.5, 0.6) is 0 Å². The van der Waals surface area contributed by atoms with Gasteiger partial charge in [0.15, 0.2) is 0 Å². The van der Waals surface area contributed by atoms with E-state index in [9.17, 15) is 0 Å². The summed E-state index contributed by atoms with van der Waals surface area (Å²) in [5, 5.41) is 0. The van der Waals surface area contributed by atoms with Crippen molar-refractivity contribution in [1.82, 2.24) is 0 Å². The molecule has 74 valence electrons. The van der Waals surface area contributed by atoms with Gasteiger partial charge < -0.3 is 9.63 Å². The second-order valence-electron chi connectivity index (χ2n) is 3.99. The number of rotatable bonds is 5. The molecule has 0 heterocycles. The molecule has 12 heavy (non-hydrogen) atoms. The molecule has 3 heteroatoms. The Balaban J connectivity index is 3.61. The van der Waals surface area contributed by atoms with Crippen molar-refractivity contribution in [1.29, 1.82) is 0 Å². The molecule has 0 saturated carbocycles. The van der Waals surface area contributed by atoms with Crippen LogP contribution in [0.4, 0.5) is 0 Å². The Kier molecular flexibility index (Phi) is 5.31. The van der Waals surface area contributed by atoms with Crippen LogP contribution in [0.1, 0.15) is 27.7 Å². The van der Waals surface area contributed by atoms with Crippen LogP contribution in [0.2, 0.25) is 0 Å². The van der Waals surface area contributed by atoms with Gasteiger partial charge in [-0.3, -0.25) is 0 Å². The normalized spacial score (nSPS) is 15.2. The number of ether oxygens (including phenoxy) is 1. The van der Waals surface area contributed by atoms with Crippen LogP contribution >= 0.6 is 8.15 Å². The van der Waals surface area contributed by atoms with Gasteiger partial charge in [-0.2, -0.15) is 0 Å². The predicted molar refractivity (Wildman–Crippen MR) is 54.8 cm³/mol. The van der Waals surface area contributed by atoms with Crippen LogP contribution < -0.4 is 0 Å². The second-order valence-corrected chi connectivity index (χ2v) is 5.75. The summed E-state index contributed by atoms with van der Waals surface area (Å²) in [6.07, 6.45) is 0.783. The molecule has 0 aliphatic heterocycles. The summed E-state index contributed by atoms with van der Waals surface area (Å²) in [6.45, 7) is 11.0. The van der Waals surface area contributed by atoms with E-state index in [-0.39, 0.29) is 5.60 Å². The molecule has 2 nitrogen and oxygen atoms in total. The molecule has 0 radical (unpaired) electrons. The molecule has 0 amide bonds. The molecular weight excluding hydrogens is 171 g/mol. The van der Waals surface area contributed by atoms with Gasteiger partial charge in [0, 0.05) is 14.3 Å². The highest BCUT2D eigenvalue weighted by Gasteiger charge is 2.22. The predicted octanol–water partition coefficient (Wildman–Crippen LogP) is 2.46. The Labute approximate surface area is 77.2 Å². The van der Waals surface area contributed by atoms with Crippen molar-refractivity contribution in [3.63, 3.8) is 0 Å². The van der Waals surface area contributed by atoms with Gasteiger partial charge in [-0.1, -0.05) is 13.8 Å². The lowest BCUT2D eigenvalue weighted by molar-refractivity contribution is -0.0429. The molecule has 1 unspecified atom stereocenters. The highest BCUT2D eigenvalue weighted by molar-refractivity contribution is 7.50. The van der Waals surface area contributed by atoms with Crippen LogP contribution in [0.15, 0.2) is 0 Å². The van der Waals surface area contributed by atoms with Crippen molar-refractivity contribution in [2.75, 3.05) is 19.4 Å². The van der Waals surface area contributed by atoms with Gasteiger partial charge >= 0.3 is 0 Å². The van der Waals surface area contributed by atoms with Gasteiger partial charge in [-0.15, -0.1) is 0 Å². The quantitative estimate of drug-likeness (QED) is 0.678. The molecule has 0 rings (SSSR count). The number of hydrogen-bond donors (Lipinski definition) is 1. The highest BCUT2D eigenvalue weighted by atomic mass is 31.1. The van der Waals surface area contributed by atoms with E-state index in [2.05, 4.69) is 27.7 Å². The standard InChI is InChI=1S/C9H21O2P/c1-8(2)9(3,4)11-6-7-12(5)10/h8,10H,6-7H2,1-5H3. The Bertz CT molecular complexity index is 122. The molecule has 1 N–H and O–H groups in total. The van der Waals surface area contributed by atoms with E-state index in [0.29, 0.717) is 12.5 Å². The van der Waals surface area contributed by atoms with Gasteiger partial charge in [-0.05, 0) is 26.4 Å². The topological polar surface area (TPSA) is 29.5 Å². The van der Waals surface area contributed by atoms with Crippen molar-refractivity contribution in [3.05, 3.63) is 0 Å². The lowest BCUT2D eigenvalue weighted by Gasteiger charge is -2.29.